The number of hydrogen-bond acceptors (Lipinski definition) is 8. The first kappa shape index (κ1) is 41.9. The first-order valence-electron chi connectivity index (χ1n) is 20.4. The predicted octanol–water partition coefficient (Wildman–Crippen LogP) is 6.39. The number of nitrogens with zero attached hydrogens (tertiary/aromatic N) is 7. The van der Waals surface area contributed by atoms with Crippen molar-refractivity contribution in [2.45, 2.75) is 90.1 Å². The number of benzene rings is 2. The van der Waals surface area contributed by atoms with Crippen LogP contribution >= 0.6 is 0 Å². The molecule has 1 saturated carbocycles. The Morgan fingerprint density at radius 3 is 2.05 bits per heavy atom. The molecular formula is C43H54F3N9O4. The molecule has 2 atom stereocenters. The Morgan fingerprint density at radius 1 is 0.831 bits per heavy atom. The lowest BCUT2D eigenvalue weighted by atomic mass is 9.92. The minimum Gasteiger partial charge on any atom is -0.444 e. The second-order valence-electron chi connectivity index (χ2n) is 17.6. The number of rotatable bonds is 11. The van der Waals surface area contributed by atoms with E-state index in [1.165, 1.54) is 0 Å². The second kappa shape index (κ2) is 16.8. The van der Waals surface area contributed by atoms with Gasteiger partial charge in [-0.2, -0.15) is 23.4 Å². The van der Waals surface area contributed by atoms with Crippen molar-refractivity contribution < 1.29 is 32.3 Å². The summed E-state index contributed by atoms with van der Waals surface area (Å²) < 4.78 is 47.2. The number of aromatic amines is 1. The van der Waals surface area contributed by atoms with Gasteiger partial charge in [-0.15, -0.1) is 0 Å². The summed E-state index contributed by atoms with van der Waals surface area (Å²) in [5.41, 5.74) is 2.35. The number of hydrogen-bond donors (Lipinski definition) is 2. The van der Waals surface area contributed by atoms with Gasteiger partial charge in [-0.25, -0.2) is 9.78 Å². The fraction of sp³-hybridized carbons (Fsp3) is 0.535. The average Bonchev–Trinajstić information content (AvgIpc) is 3.60. The lowest BCUT2D eigenvalue weighted by Crippen LogP contribution is -2.51. The van der Waals surface area contributed by atoms with Gasteiger partial charge in [0.2, 0.25) is 11.8 Å². The molecule has 0 unspecified atom stereocenters. The standard InChI is InChI=1S/C43H54F3N9O4/c1-41(2,3)59-40(58)54-20-18-52(19-21-54)25-28-14-16-53(17-15-28)37(56)27-55-26-33(23-48-55)31-8-6-29(7-9-31)30-10-12-32(13-11-30)34-22-35(34)38(57)47-24-36-49-39(51-50-36)42(4,5)43(44,45)46/h6-13,23,26,28,34-35H,14-22,24-25,27H2,1-5H3,(H,47,57)(H,49,50,51)/t34-,35+/m1/s1. The van der Waals surface area contributed by atoms with Crippen LogP contribution in [0, 0.1) is 11.8 Å². The third-order valence-corrected chi connectivity index (χ3v) is 11.7. The Balaban J connectivity index is 0.828. The van der Waals surface area contributed by atoms with E-state index in [1.807, 2.05) is 68.3 Å². The molecule has 7 rings (SSSR count). The van der Waals surface area contributed by atoms with Gasteiger partial charge in [0.05, 0.1) is 12.7 Å². The molecule has 4 heterocycles. The molecule has 0 radical (unpaired) electrons. The van der Waals surface area contributed by atoms with Crippen LogP contribution in [0.15, 0.2) is 60.9 Å². The Kier molecular flexibility index (Phi) is 11.9. The summed E-state index contributed by atoms with van der Waals surface area (Å²) in [6.45, 7) is 13.3. The molecule has 1 aliphatic carbocycles. The number of nitrogens with one attached hydrogen (secondary N) is 2. The van der Waals surface area contributed by atoms with Crippen molar-refractivity contribution in [1.29, 1.82) is 0 Å². The quantitative estimate of drug-likeness (QED) is 0.178. The Bertz CT molecular complexity index is 2090. The van der Waals surface area contributed by atoms with Crippen LogP contribution in [0.2, 0.25) is 0 Å². The molecule has 3 aliphatic rings. The first-order valence-corrected chi connectivity index (χ1v) is 20.4. The number of alkyl halides is 3. The average molecular weight is 818 g/mol. The molecule has 0 spiro atoms. The smallest absolute Gasteiger partial charge is 0.410 e. The second-order valence-corrected chi connectivity index (χ2v) is 17.6. The molecule has 2 aromatic carbocycles. The number of piperazine rings is 1. The van der Waals surface area contributed by atoms with Crippen LogP contribution < -0.4 is 5.32 Å². The van der Waals surface area contributed by atoms with Crippen LogP contribution in [-0.4, -0.2) is 115 Å². The van der Waals surface area contributed by atoms with E-state index in [0.717, 1.165) is 87.2 Å². The van der Waals surface area contributed by atoms with Crippen molar-refractivity contribution in [2.75, 3.05) is 45.8 Å². The van der Waals surface area contributed by atoms with E-state index in [9.17, 15) is 27.6 Å². The fourth-order valence-corrected chi connectivity index (χ4v) is 7.72. The van der Waals surface area contributed by atoms with Crippen LogP contribution in [-0.2, 0) is 32.8 Å². The van der Waals surface area contributed by atoms with Crippen LogP contribution in [0.1, 0.15) is 77.0 Å². The lowest BCUT2D eigenvalue weighted by Gasteiger charge is -2.39. The highest BCUT2D eigenvalue weighted by molar-refractivity contribution is 5.83. The van der Waals surface area contributed by atoms with E-state index in [2.05, 4.69) is 42.6 Å². The highest BCUT2D eigenvalue weighted by Gasteiger charge is 2.51. The highest BCUT2D eigenvalue weighted by Crippen LogP contribution is 2.48. The normalized spacial score (nSPS) is 19.5. The number of aromatic nitrogens is 5. The molecule has 4 aromatic rings. The Hall–Kier alpha value is -5.25. The van der Waals surface area contributed by atoms with E-state index >= 15 is 0 Å². The minimum atomic E-state index is -4.50. The predicted molar refractivity (Wildman–Crippen MR) is 215 cm³/mol. The van der Waals surface area contributed by atoms with Gasteiger partial charge in [-0.1, -0.05) is 48.5 Å². The van der Waals surface area contributed by atoms with Gasteiger partial charge in [0.25, 0.3) is 0 Å². The third kappa shape index (κ3) is 10.1. The van der Waals surface area contributed by atoms with E-state index in [1.54, 1.807) is 15.8 Å². The Labute approximate surface area is 342 Å². The molecule has 3 amide bonds. The van der Waals surface area contributed by atoms with Crippen LogP contribution in [0.4, 0.5) is 18.0 Å². The number of amides is 3. The summed E-state index contributed by atoms with van der Waals surface area (Å²) in [6.07, 6.45) is 1.56. The highest BCUT2D eigenvalue weighted by atomic mass is 19.4. The zero-order valence-corrected chi connectivity index (χ0v) is 34.4. The lowest BCUT2D eigenvalue weighted by molar-refractivity contribution is -0.182. The van der Waals surface area contributed by atoms with Gasteiger partial charge in [0.1, 0.15) is 23.4 Å². The van der Waals surface area contributed by atoms with Gasteiger partial charge in [-0.05, 0) is 88.0 Å². The van der Waals surface area contributed by atoms with Crippen LogP contribution in [0.5, 0.6) is 0 Å². The molecule has 0 bridgehead atoms. The molecule has 2 aliphatic heterocycles. The number of H-pyrrole nitrogens is 1. The maximum Gasteiger partial charge on any atom is 0.410 e. The zero-order chi connectivity index (χ0) is 42.1. The summed E-state index contributed by atoms with van der Waals surface area (Å²) >= 11 is 0. The van der Waals surface area contributed by atoms with Crippen LogP contribution in [0.3, 0.4) is 0 Å². The van der Waals surface area contributed by atoms with Gasteiger partial charge >= 0.3 is 12.3 Å². The van der Waals surface area contributed by atoms with Gasteiger partial charge < -0.3 is 19.9 Å². The molecule has 3 fully saturated rings. The molecule has 16 heteroatoms. The number of carbonyl (C=O) groups excluding carboxylic acids is 3. The fourth-order valence-electron chi connectivity index (χ4n) is 7.72. The summed E-state index contributed by atoms with van der Waals surface area (Å²) in [7, 11) is 0. The number of likely N-dealkylation sites (tertiary alicyclic amines) is 1. The Morgan fingerprint density at radius 2 is 1.44 bits per heavy atom. The van der Waals surface area contributed by atoms with Gasteiger partial charge in [0, 0.05) is 63.5 Å². The molecule has 2 aromatic heterocycles. The SMILES string of the molecule is CC(C)(C)OC(=O)N1CCN(CC2CCN(C(=O)Cn3cc(-c4ccc(-c5ccc([C@H]6C[C@@H]6C(=O)NCc6nc(C(C)(C)C(F)(F)F)n[nH]6)cc5)cc4)cn3)CC2)CC1. The van der Waals surface area contributed by atoms with E-state index in [-0.39, 0.29) is 54.5 Å². The summed E-state index contributed by atoms with van der Waals surface area (Å²) in [4.78, 5) is 48.5. The van der Waals surface area contributed by atoms with Crippen LogP contribution in [0.25, 0.3) is 22.3 Å². The molecule has 2 saturated heterocycles. The van der Waals surface area contributed by atoms with Crippen molar-refractivity contribution in [3.05, 3.63) is 78.1 Å². The van der Waals surface area contributed by atoms with Crippen molar-refractivity contribution in [2.24, 2.45) is 11.8 Å². The number of halogens is 3. The molecular weight excluding hydrogens is 764 g/mol. The van der Waals surface area contributed by atoms with Crippen molar-refractivity contribution >= 4 is 17.9 Å². The van der Waals surface area contributed by atoms with Crippen molar-refractivity contribution in [3.8, 4) is 22.3 Å². The summed E-state index contributed by atoms with van der Waals surface area (Å²) in [5.74, 6) is 0.0909. The molecule has 13 nitrogen and oxygen atoms in total. The van der Waals surface area contributed by atoms with Crippen molar-refractivity contribution in [3.63, 3.8) is 0 Å². The van der Waals surface area contributed by atoms with E-state index in [4.69, 9.17) is 4.74 Å². The number of piperidine rings is 1. The van der Waals surface area contributed by atoms with Gasteiger partial charge in [0.15, 0.2) is 5.82 Å². The van der Waals surface area contributed by atoms with Gasteiger partial charge in [-0.3, -0.25) is 24.3 Å². The van der Waals surface area contributed by atoms with E-state index < -0.39 is 17.2 Å². The number of carbonyl (C=O) groups is 3. The summed E-state index contributed by atoms with van der Waals surface area (Å²) in [5, 5.41) is 13.5. The topological polar surface area (TPSA) is 142 Å². The van der Waals surface area contributed by atoms with Crippen molar-refractivity contribution in [1.82, 2.24) is 45.0 Å². The molecule has 316 valence electrons. The maximum absolute atomic E-state index is 13.3. The summed E-state index contributed by atoms with van der Waals surface area (Å²) in [6, 6.07) is 16.3. The number of ether oxygens (including phenoxy) is 1. The molecule has 2 N–H and O–H groups in total. The maximum atomic E-state index is 13.3. The monoisotopic (exact) mass is 817 g/mol. The first-order chi connectivity index (χ1) is 27.9. The molecule has 59 heavy (non-hydrogen) atoms. The van der Waals surface area contributed by atoms with E-state index in [0.29, 0.717) is 25.4 Å². The minimum absolute atomic E-state index is 0.0300. The third-order valence-electron chi connectivity index (χ3n) is 11.7. The zero-order valence-electron chi connectivity index (χ0n) is 34.4. The largest absolute Gasteiger partial charge is 0.444 e.